The van der Waals surface area contributed by atoms with Crippen LogP contribution in [0.15, 0.2) is 18.2 Å². The zero-order valence-corrected chi connectivity index (χ0v) is 15.1. The summed E-state index contributed by atoms with van der Waals surface area (Å²) in [5.74, 6) is 1.24. The summed E-state index contributed by atoms with van der Waals surface area (Å²) >= 11 is 0. The number of piperidine rings is 1. The summed E-state index contributed by atoms with van der Waals surface area (Å²) in [6.07, 6.45) is 1.99. The minimum atomic E-state index is 0.0634. The highest BCUT2D eigenvalue weighted by molar-refractivity contribution is 5.80. The highest BCUT2D eigenvalue weighted by Gasteiger charge is 2.32. The van der Waals surface area contributed by atoms with Crippen molar-refractivity contribution in [3.8, 4) is 0 Å². The second-order valence-corrected chi connectivity index (χ2v) is 7.27. The van der Waals surface area contributed by atoms with Gasteiger partial charge in [-0.1, -0.05) is 6.07 Å². The van der Waals surface area contributed by atoms with E-state index in [0.717, 1.165) is 69.4 Å². The van der Waals surface area contributed by atoms with Crippen LogP contribution in [0.2, 0.25) is 0 Å². The van der Waals surface area contributed by atoms with Gasteiger partial charge in [0.1, 0.15) is 0 Å². The van der Waals surface area contributed by atoms with Crippen molar-refractivity contribution in [1.29, 1.82) is 0 Å². The Kier molecular flexibility index (Phi) is 4.33. The normalized spacial score (nSPS) is 22.6. The average Bonchev–Trinajstić information content (AvgIpc) is 3.07. The van der Waals surface area contributed by atoms with Crippen molar-refractivity contribution < 1.29 is 4.79 Å². The number of amides is 1. The van der Waals surface area contributed by atoms with Crippen molar-refractivity contribution in [2.24, 2.45) is 5.92 Å². The molecule has 0 bridgehead atoms. The van der Waals surface area contributed by atoms with Gasteiger partial charge in [-0.3, -0.25) is 9.20 Å². The summed E-state index contributed by atoms with van der Waals surface area (Å²) in [4.78, 5) is 19.5. The van der Waals surface area contributed by atoms with Gasteiger partial charge in [0, 0.05) is 45.0 Å². The van der Waals surface area contributed by atoms with Crippen molar-refractivity contribution in [3.63, 3.8) is 0 Å². The summed E-state index contributed by atoms with van der Waals surface area (Å²) in [5, 5.41) is 8.70. The molecule has 4 rings (SSSR count). The lowest BCUT2D eigenvalue weighted by atomic mass is 9.96. The lowest BCUT2D eigenvalue weighted by Gasteiger charge is -2.38. The van der Waals surface area contributed by atoms with Gasteiger partial charge in [-0.15, -0.1) is 10.2 Å². The molecular weight excluding hydrogens is 316 g/mol. The van der Waals surface area contributed by atoms with Crippen LogP contribution in [0.25, 0.3) is 5.65 Å². The zero-order chi connectivity index (χ0) is 17.4. The van der Waals surface area contributed by atoms with Crippen LogP contribution in [0.3, 0.4) is 0 Å². The predicted octanol–water partition coefficient (Wildman–Crippen LogP) is 1.03. The SMILES string of the molecule is Cc1cccc2nnc(N3CCCC(C(=O)N4CCN(C)CC4)C3)n12. The molecule has 2 fully saturated rings. The summed E-state index contributed by atoms with van der Waals surface area (Å²) in [6.45, 7) is 7.36. The molecule has 2 saturated heterocycles. The molecule has 25 heavy (non-hydrogen) atoms. The number of pyridine rings is 1. The molecule has 134 valence electrons. The van der Waals surface area contributed by atoms with E-state index in [9.17, 15) is 4.79 Å². The van der Waals surface area contributed by atoms with Crippen LogP contribution >= 0.6 is 0 Å². The summed E-state index contributed by atoms with van der Waals surface area (Å²) in [7, 11) is 2.11. The van der Waals surface area contributed by atoms with Crippen LogP contribution in [0.5, 0.6) is 0 Å². The maximum Gasteiger partial charge on any atom is 0.231 e. The lowest BCUT2D eigenvalue weighted by molar-refractivity contribution is -0.137. The number of aromatic nitrogens is 3. The first-order valence-corrected chi connectivity index (χ1v) is 9.16. The quantitative estimate of drug-likeness (QED) is 0.816. The summed E-state index contributed by atoms with van der Waals surface area (Å²) < 4.78 is 2.09. The Morgan fingerprint density at radius 2 is 1.92 bits per heavy atom. The molecule has 0 aromatic carbocycles. The molecule has 0 aliphatic carbocycles. The number of anilines is 1. The van der Waals surface area contributed by atoms with Crippen LogP contribution < -0.4 is 4.90 Å². The third-order valence-corrected chi connectivity index (χ3v) is 5.47. The van der Waals surface area contributed by atoms with Gasteiger partial charge < -0.3 is 14.7 Å². The number of hydrogen-bond acceptors (Lipinski definition) is 5. The molecule has 0 N–H and O–H groups in total. The number of rotatable bonds is 2. The first-order chi connectivity index (χ1) is 12.1. The van der Waals surface area contributed by atoms with E-state index < -0.39 is 0 Å². The maximum absolute atomic E-state index is 12.9. The van der Waals surface area contributed by atoms with E-state index in [0.29, 0.717) is 5.91 Å². The fraction of sp³-hybridized carbons (Fsp3) is 0.611. The van der Waals surface area contributed by atoms with Crippen molar-refractivity contribution >= 4 is 17.5 Å². The Morgan fingerprint density at radius 3 is 2.72 bits per heavy atom. The Morgan fingerprint density at radius 1 is 1.12 bits per heavy atom. The van der Waals surface area contributed by atoms with Gasteiger partial charge in [0.15, 0.2) is 5.65 Å². The smallest absolute Gasteiger partial charge is 0.231 e. The first kappa shape index (κ1) is 16.3. The van der Waals surface area contributed by atoms with Gasteiger partial charge in [-0.2, -0.15) is 0 Å². The van der Waals surface area contributed by atoms with E-state index in [2.05, 4.69) is 44.4 Å². The molecule has 0 spiro atoms. The maximum atomic E-state index is 12.9. The minimum Gasteiger partial charge on any atom is -0.340 e. The van der Waals surface area contributed by atoms with E-state index in [1.165, 1.54) is 0 Å². The number of piperazine rings is 1. The molecule has 0 saturated carbocycles. The standard InChI is InChI=1S/C18H26N6O/c1-14-5-3-7-16-19-20-18(24(14)16)23-8-4-6-15(13-23)17(25)22-11-9-21(2)10-12-22/h3,5,7,15H,4,6,8-13H2,1-2H3. The summed E-state index contributed by atoms with van der Waals surface area (Å²) in [5.41, 5.74) is 1.98. The van der Waals surface area contributed by atoms with Gasteiger partial charge in [0.25, 0.3) is 0 Å². The largest absolute Gasteiger partial charge is 0.340 e. The number of carbonyl (C=O) groups is 1. The van der Waals surface area contributed by atoms with Crippen LogP contribution in [0.4, 0.5) is 5.95 Å². The topological polar surface area (TPSA) is 57.0 Å². The molecule has 1 unspecified atom stereocenters. The zero-order valence-electron chi connectivity index (χ0n) is 15.1. The predicted molar refractivity (Wildman–Crippen MR) is 96.7 cm³/mol. The number of nitrogens with zero attached hydrogens (tertiary/aromatic N) is 6. The second-order valence-electron chi connectivity index (χ2n) is 7.27. The molecule has 0 radical (unpaired) electrons. The number of hydrogen-bond donors (Lipinski definition) is 0. The van der Waals surface area contributed by atoms with Gasteiger partial charge in [0.2, 0.25) is 11.9 Å². The fourth-order valence-corrected chi connectivity index (χ4v) is 3.93. The van der Waals surface area contributed by atoms with Crippen LogP contribution in [0, 0.1) is 12.8 Å². The number of likely N-dealkylation sites (N-methyl/N-ethyl adjacent to an activating group) is 1. The van der Waals surface area contributed by atoms with E-state index in [1.54, 1.807) is 0 Å². The third kappa shape index (κ3) is 3.08. The summed E-state index contributed by atoms with van der Waals surface area (Å²) in [6, 6.07) is 6.04. The monoisotopic (exact) mass is 342 g/mol. The Bertz CT molecular complexity index is 764. The Hall–Kier alpha value is -2.15. The Balaban J connectivity index is 1.51. The molecule has 1 amide bonds. The molecule has 2 aromatic rings. The van der Waals surface area contributed by atoms with Gasteiger partial charge in [0.05, 0.1) is 5.92 Å². The van der Waals surface area contributed by atoms with Gasteiger partial charge in [-0.05, 0) is 38.9 Å². The van der Waals surface area contributed by atoms with E-state index in [1.807, 2.05) is 17.0 Å². The first-order valence-electron chi connectivity index (χ1n) is 9.16. The number of fused-ring (bicyclic) bond motifs is 1. The highest BCUT2D eigenvalue weighted by Crippen LogP contribution is 2.25. The molecular formula is C18H26N6O. The van der Waals surface area contributed by atoms with Crippen LogP contribution in [-0.4, -0.2) is 76.6 Å². The number of aryl methyl sites for hydroxylation is 1. The minimum absolute atomic E-state index is 0.0634. The van der Waals surface area contributed by atoms with Crippen LogP contribution in [0.1, 0.15) is 18.5 Å². The van der Waals surface area contributed by atoms with E-state index in [-0.39, 0.29) is 5.92 Å². The molecule has 2 aliphatic rings. The molecule has 7 nitrogen and oxygen atoms in total. The highest BCUT2D eigenvalue weighted by atomic mass is 16.2. The lowest BCUT2D eigenvalue weighted by Crippen LogP contribution is -2.51. The average molecular weight is 342 g/mol. The van der Waals surface area contributed by atoms with Gasteiger partial charge >= 0.3 is 0 Å². The van der Waals surface area contributed by atoms with E-state index in [4.69, 9.17) is 0 Å². The Labute approximate surface area is 148 Å². The van der Waals surface area contributed by atoms with Gasteiger partial charge in [-0.25, -0.2) is 0 Å². The van der Waals surface area contributed by atoms with Crippen LogP contribution in [-0.2, 0) is 4.79 Å². The van der Waals surface area contributed by atoms with E-state index >= 15 is 0 Å². The number of carbonyl (C=O) groups excluding carboxylic acids is 1. The molecule has 1 atom stereocenters. The van der Waals surface area contributed by atoms with Crippen molar-refractivity contribution in [2.75, 3.05) is 51.2 Å². The third-order valence-electron chi connectivity index (χ3n) is 5.47. The molecule has 4 heterocycles. The molecule has 2 aromatic heterocycles. The fourth-order valence-electron chi connectivity index (χ4n) is 3.93. The van der Waals surface area contributed by atoms with Crippen molar-refractivity contribution in [2.45, 2.75) is 19.8 Å². The molecule has 7 heteroatoms. The molecule has 2 aliphatic heterocycles. The van der Waals surface area contributed by atoms with Crippen molar-refractivity contribution in [1.82, 2.24) is 24.4 Å². The van der Waals surface area contributed by atoms with Crippen molar-refractivity contribution in [3.05, 3.63) is 23.9 Å². The second kappa shape index (κ2) is 6.63.